The number of rotatable bonds is 0. The highest BCUT2D eigenvalue weighted by molar-refractivity contribution is 8.29. The van der Waals surface area contributed by atoms with E-state index in [-0.39, 0.29) is 0 Å². The summed E-state index contributed by atoms with van der Waals surface area (Å²) in [5.41, 5.74) is 1.14. The molecule has 0 spiro atoms. The molecule has 0 radical (unpaired) electrons. The second-order valence-electron chi connectivity index (χ2n) is 1.72. The van der Waals surface area contributed by atoms with E-state index in [0.29, 0.717) is 0 Å². The molecule has 1 unspecified atom stereocenters. The van der Waals surface area contributed by atoms with Crippen LogP contribution >= 0.6 is 10.5 Å². The van der Waals surface area contributed by atoms with Crippen LogP contribution in [0.15, 0.2) is 11.6 Å². The Labute approximate surface area is 64.5 Å². The fourth-order valence-electron chi connectivity index (χ4n) is 0.536. The normalized spacial score (nSPS) is 21.5. The summed E-state index contributed by atoms with van der Waals surface area (Å²) in [7, 11) is -1.07. The lowest BCUT2D eigenvalue weighted by Gasteiger charge is -2.01. The van der Waals surface area contributed by atoms with Crippen molar-refractivity contribution in [1.82, 2.24) is 4.90 Å². The summed E-state index contributed by atoms with van der Waals surface area (Å²) in [6, 6.07) is 0. The van der Waals surface area contributed by atoms with E-state index in [0.717, 1.165) is 10.4 Å². The Balaban J connectivity index is 2.79. The largest absolute Gasteiger partial charge is 0.473 e. The van der Waals surface area contributed by atoms with Gasteiger partial charge in [-0.1, -0.05) is 0 Å². The standard InChI is InChI=1S/C5H5NO4S/c7-4(8)6-1-2-11(3-6)5(9)10/h1-3H,(H,7,8)(H,9,10). The summed E-state index contributed by atoms with van der Waals surface area (Å²) < 4.78 is 0. The van der Waals surface area contributed by atoms with Crippen molar-refractivity contribution in [1.29, 1.82) is 0 Å². The summed E-state index contributed by atoms with van der Waals surface area (Å²) in [5, 5.41) is 17.1. The number of carbonyl (C=O) groups is 2. The Morgan fingerprint density at radius 1 is 1.36 bits per heavy atom. The van der Waals surface area contributed by atoms with Gasteiger partial charge in [-0.25, -0.2) is 9.59 Å². The van der Waals surface area contributed by atoms with Gasteiger partial charge in [-0.3, -0.25) is 4.90 Å². The van der Waals surface area contributed by atoms with Gasteiger partial charge in [-0.05, 0) is 15.9 Å². The Bertz CT molecular complexity index is 270. The van der Waals surface area contributed by atoms with Gasteiger partial charge in [0, 0.05) is 6.20 Å². The van der Waals surface area contributed by atoms with Crippen LogP contribution in [0.3, 0.4) is 0 Å². The fourth-order valence-corrected chi connectivity index (χ4v) is 1.48. The summed E-state index contributed by atoms with van der Waals surface area (Å²) in [6.07, 6.45) is 0.0528. The number of amides is 1. The third kappa shape index (κ3) is 1.58. The first kappa shape index (κ1) is 7.80. The summed E-state index contributed by atoms with van der Waals surface area (Å²) in [4.78, 5) is 21.3. The molecule has 11 heavy (non-hydrogen) atoms. The second-order valence-corrected chi connectivity index (χ2v) is 3.29. The molecule has 1 heterocycles. The zero-order chi connectivity index (χ0) is 8.43. The van der Waals surface area contributed by atoms with Crippen LogP contribution in [0.4, 0.5) is 9.59 Å². The summed E-state index contributed by atoms with van der Waals surface area (Å²) >= 11 is 0. The summed E-state index contributed by atoms with van der Waals surface area (Å²) in [5.74, 6) is 0. The molecule has 5 nitrogen and oxygen atoms in total. The van der Waals surface area contributed by atoms with Crippen LogP contribution in [0.25, 0.3) is 0 Å². The topological polar surface area (TPSA) is 77.8 Å². The molecular weight excluding hydrogens is 170 g/mol. The first-order chi connectivity index (χ1) is 5.11. The van der Waals surface area contributed by atoms with Gasteiger partial charge in [0.25, 0.3) is 0 Å². The maximum atomic E-state index is 10.3. The number of carboxylic acid groups (broad SMARTS) is 2. The van der Waals surface area contributed by atoms with E-state index in [1.165, 1.54) is 11.6 Å². The maximum absolute atomic E-state index is 10.3. The Morgan fingerprint density at radius 3 is 2.27 bits per heavy atom. The van der Waals surface area contributed by atoms with E-state index in [2.05, 4.69) is 0 Å². The first-order valence-electron chi connectivity index (χ1n) is 2.60. The monoisotopic (exact) mass is 175 g/mol. The SMILES string of the molecule is O=C(O)N1C=CS(C(=O)O)=C1. The van der Waals surface area contributed by atoms with E-state index >= 15 is 0 Å². The third-order valence-electron chi connectivity index (χ3n) is 1.02. The molecule has 1 aliphatic heterocycles. The lowest BCUT2D eigenvalue weighted by molar-refractivity contribution is 0.181. The fraction of sp³-hybridized carbons (Fsp3) is 0. The predicted molar refractivity (Wildman–Crippen MR) is 40.7 cm³/mol. The van der Waals surface area contributed by atoms with E-state index in [1.807, 2.05) is 0 Å². The molecular formula is C5H5NO4S. The number of nitrogens with zero attached hydrogens (tertiary/aromatic N) is 1. The minimum atomic E-state index is -1.17. The molecule has 0 aromatic heterocycles. The van der Waals surface area contributed by atoms with E-state index in [4.69, 9.17) is 10.2 Å². The predicted octanol–water partition coefficient (Wildman–Crippen LogP) is 1.16. The van der Waals surface area contributed by atoms with Gasteiger partial charge in [0.15, 0.2) is 0 Å². The van der Waals surface area contributed by atoms with Crippen LogP contribution in [0.2, 0.25) is 0 Å². The molecule has 0 fully saturated rings. The van der Waals surface area contributed by atoms with Gasteiger partial charge in [-0.15, -0.1) is 0 Å². The molecule has 0 aromatic carbocycles. The van der Waals surface area contributed by atoms with E-state index in [1.54, 1.807) is 0 Å². The minimum absolute atomic E-state index is 0.831. The van der Waals surface area contributed by atoms with Crippen LogP contribution in [0, 0.1) is 0 Å². The van der Waals surface area contributed by atoms with E-state index in [9.17, 15) is 9.59 Å². The van der Waals surface area contributed by atoms with Crippen LogP contribution in [0.1, 0.15) is 0 Å². The second kappa shape index (κ2) is 2.75. The average Bonchev–Trinajstić information content (AvgIpc) is 2.33. The minimum Gasteiger partial charge on any atom is -0.473 e. The summed E-state index contributed by atoms with van der Waals surface area (Å²) in [6.45, 7) is 0. The lowest BCUT2D eigenvalue weighted by Crippen LogP contribution is -2.19. The Kier molecular flexibility index (Phi) is 1.95. The molecule has 0 aromatic rings. The van der Waals surface area contributed by atoms with Gasteiger partial charge in [0.2, 0.25) is 0 Å². The van der Waals surface area contributed by atoms with Gasteiger partial charge < -0.3 is 10.2 Å². The molecule has 2 N–H and O–H groups in total. The van der Waals surface area contributed by atoms with Crippen molar-refractivity contribution in [3.05, 3.63) is 11.6 Å². The van der Waals surface area contributed by atoms with Crippen LogP contribution in [0.5, 0.6) is 0 Å². The van der Waals surface area contributed by atoms with Gasteiger partial charge >= 0.3 is 11.4 Å². The molecule has 0 saturated carbocycles. The zero-order valence-electron chi connectivity index (χ0n) is 5.30. The van der Waals surface area contributed by atoms with E-state index < -0.39 is 21.9 Å². The molecule has 6 heteroatoms. The molecule has 1 amide bonds. The van der Waals surface area contributed by atoms with Crippen molar-refractivity contribution in [3.8, 4) is 0 Å². The van der Waals surface area contributed by atoms with Crippen molar-refractivity contribution in [2.24, 2.45) is 0 Å². The number of hydrogen-bond acceptors (Lipinski definition) is 2. The van der Waals surface area contributed by atoms with Crippen molar-refractivity contribution in [2.75, 3.05) is 0 Å². The molecule has 1 rings (SSSR count). The van der Waals surface area contributed by atoms with Crippen molar-refractivity contribution in [3.63, 3.8) is 0 Å². The molecule has 1 atom stereocenters. The van der Waals surface area contributed by atoms with Crippen LogP contribution in [-0.4, -0.2) is 32.0 Å². The van der Waals surface area contributed by atoms with Crippen molar-refractivity contribution >= 4 is 27.4 Å². The van der Waals surface area contributed by atoms with Gasteiger partial charge in [0.05, 0.1) is 5.49 Å². The smallest absolute Gasteiger partial charge is 0.415 e. The number of hydrogen-bond donors (Lipinski definition) is 2. The molecule has 0 bridgehead atoms. The third-order valence-corrected chi connectivity index (χ3v) is 2.29. The highest BCUT2D eigenvalue weighted by Crippen LogP contribution is 2.20. The molecule has 0 aliphatic carbocycles. The van der Waals surface area contributed by atoms with Crippen molar-refractivity contribution in [2.45, 2.75) is 0 Å². The Morgan fingerprint density at radius 2 is 2.00 bits per heavy atom. The lowest BCUT2D eigenvalue weighted by atomic mass is 10.8. The quantitative estimate of drug-likeness (QED) is 0.541. The first-order valence-corrected chi connectivity index (χ1v) is 3.96. The van der Waals surface area contributed by atoms with Gasteiger partial charge in [0.1, 0.15) is 0 Å². The van der Waals surface area contributed by atoms with Crippen LogP contribution in [-0.2, 0) is 0 Å². The Hall–Kier alpha value is -1.30. The highest BCUT2D eigenvalue weighted by atomic mass is 32.2. The van der Waals surface area contributed by atoms with Gasteiger partial charge in [-0.2, -0.15) is 0 Å². The van der Waals surface area contributed by atoms with Crippen molar-refractivity contribution < 1.29 is 19.8 Å². The highest BCUT2D eigenvalue weighted by Gasteiger charge is 2.14. The van der Waals surface area contributed by atoms with Crippen LogP contribution < -0.4 is 0 Å². The molecule has 0 saturated heterocycles. The zero-order valence-corrected chi connectivity index (χ0v) is 6.11. The molecule has 60 valence electrons. The molecule has 1 aliphatic rings. The average molecular weight is 175 g/mol. The maximum Gasteiger partial charge on any atom is 0.415 e.